The molecule has 26 heavy (non-hydrogen) atoms. The number of hydrogen-bond acceptors (Lipinski definition) is 3. The van der Waals surface area contributed by atoms with Crippen molar-refractivity contribution in [3.63, 3.8) is 0 Å². The lowest BCUT2D eigenvalue weighted by atomic mass is 9.94. The van der Waals surface area contributed by atoms with Gasteiger partial charge in [-0.3, -0.25) is 4.99 Å². The number of rotatable bonds is 11. The van der Waals surface area contributed by atoms with Gasteiger partial charge >= 0.3 is 0 Å². The number of aliphatic hydroxyl groups excluding tert-OH is 1. The van der Waals surface area contributed by atoms with Gasteiger partial charge in [-0.1, -0.05) is 44.2 Å². The quantitative estimate of drug-likeness (QED) is 0.418. The van der Waals surface area contributed by atoms with Crippen molar-refractivity contribution in [1.29, 1.82) is 0 Å². The van der Waals surface area contributed by atoms with Gasteiger partial charge in [0.15, 0.2) is 5.96 Å². The van der Waals surface area contributed by atoms with Crippen molar-refractivity contribution in [2.24, 2.45) is 16.8 Å². The maximum Gasteiger partial charge on any atom is 0.191 e. The van der Waals surface area contributed by atoms with Crippen molar-refractivity contribution >= 4 is 5.96 Å². The Morgan fingerprint density at radius 3 is 2.38 bits per heavy atom. The Labute approximate surface area is 159 Å². The Hall–Kier alpha value is -1.59. The minimum atomic E-state index is 0.230. The Balaban J connectivity index is 2.72. The smallest absolute Gasteiger partial charge is 0.191 e. The highest BCUT2D eigenvalue weighted by Gasteiger charge is 2.15. The second kappa shape index (κ2) is 12.7. The summed E-state index contributed by atoms with van der Waals surface area (Å²) in [5.74, 6) is 1.89. The van der Waals surface area contributed by atoms with Crippen LogP contribution in [0.3, 0.4) is 0 Å². The minimum absolute atomic E-state index is 0.230. The summed E-state index contributed by atoms with van der Waals surface area (Å²) >= 11 is 0. The van der Waals surface area contributed by atoms with Crippen LogP contribution < -0.4 is 10.6 Å². The van der Waals surface area contributed by atoms with E-state index >= 15 is 0 Å². The first kappa shape index (κ1) is 22.5. The van der Waals surface area contributed by atoms with Crippen LogP contribution >= 0.6 is 0 Å². The van der Waals surface area contributed by atoms with Gasteiger partial charge in [-0.2, -0.15) is 0 Å². The van der Waals surface area contributed by atoms with E-state index in [1.54, 1.807) is 0 Å². The third kappa shape index (κ3) is 8.68. The third-order valence-corrected chi connectivity index (χ3v) is 4.46. The second-order valence-electron chi connectivity index (χ2n) is 7.50. The van der Waals surface area contributed by atoms with Crippen LogP contribution in [0, 0.1) is 11.8 Å². The molecule has 148 valence electrons. The fourth-order valence-electron chi connectivity index (χ4n) is 3.16. The van der Waals surface area contributed by atoms with E-state index in [0.29, 0.717) is 11.8 Å². The number of nitrogens with one attached hydrogen (secondary N) is 2. The van der Waals surface area contributed by atoms with Gasteiger partial charge in [0.25, 0.3) is 0 Å². The first-order valence-electron chi connectivity index (χ1n) is 9.82. The first-order chi connectivity index (χ1) is 12.5. The molecule has 5 nitrogen and oxygen atoms in total. The van der Waals surface area contributed by atoms with Crippen molar-refractivity contribution in [2.45, 2.75) is 39.7 Å². The molecule has 0 amide bonds. The zero-order chi connectivity index (χ0) is 19.4. The number of likely N-dealkylation sites (N-methyl/N-ethyl adjacent to an activating group) is 1. The van der Waals surface area contributed by atoms with E-state index in [9.17, 15) is 5.11 Å². The first-order valence-corrected chi connectivity index (χ1v) is 9.82. The highest BCUT2D eigenvalue weighted by atomic mass is 16.3. The minimum Gasteiger partial charge on any atom is -0.396 e. The lowest BCUT2D eigenvalue weighted by Crippen LogP contribution is -2.42. The third-order valence-electron chi connectivity index (χ3n) is 4.46. The number of hydrogen-bond donors (Lipinski definition) is 3. The molecule has 0 heterocycles. The molecule has 3 N–H and O–H groups in total. The zero-order valence-corrected chi connectivity index (χ0v) is 17.2. The lowest BCUT2D eigenvalue weighted by Gasteiger charge is -2.26. The molecule has 0 fully saturated rings. The molecule has 1 rings (SSSR count). The molecule has 2 atom stereocenters. The van der Waals surface area contributed by atoms with Crippen molar-refractivity contribution in [3.05, 3.63) is 35.9 Å². The topological polar surface area (TPSA) is 59.9 Å². The standard InChI is InChI=1S/C21H38N4O/c1-6-22-21(23-15-18(12-13-26)14-17(2)3)24-16-20(25(4)5)19-10-8-7-9-11-19/h7-11,17-18,20,26H,6,12-16H2,1-5H3,(H2,22,23,24). The molecule has 0 aliphatic carbocycles. The molecule has 0 saturated carbocycles. The summed E-state index contributed by atoms with van der Waals surface area (Å²) < 4.78 is 0. The molecule has 0 spiro atoms. The lowest BCUT2D eigenvalue weighted by molar-refractivity contribution is 0.245. The van der Waals surface area contributed by atoms with E-state index in [2.05, 4.69) is 74.7 Å². The number of aliphatic imine (C=N–C) groups is 1. The van der Waals surface area contributed by atoms with Crippen molar-refractivity contribution < 1.29 is 5.11 Å². The van der Waals surface area contributed by atoms with Crippen molar-refractivity contribution in [1.82, 2.24) is 15.5 Å². The van der Waals surface area contributed by atoms with Crippen LogP contribution in [0.15, 0.2) is 35.3 Å². The Bertz CT molecular complexity index is 502. The molecule has 5 heteroatoms. The van der Waals surface area contributed by atoms with E-state index < -0.39 is 0 Å². The van der Waals surface area contributed by atoms with E-state index in [1.807, 2.05) is 6.07 Å². The monoisotopic (exact) mass is 362 g/mol. The van der Waals surface area contributed by atoms with Crippen LogP contribution in [-0.2, 0) is 0 Å². The molecule has 0 aromatic heterocycles. The van der Waals surface area contributed by atoms with Crippen molar-refractivity contribution in [3.8, 4) is 0 Å². The summed E-state index contributed by atoms with van der Waals surface area (Å²) in [4.78, 5) is 7.00. The van der Waals surface area contributed by atoms with Crippen LogP contribution in [0.2, 0.25) is 0 Å². The fraction of sp³-hybridized carbons (Fsp3) is 0.667. The van der Waals surface area contributed by atoms with Crippen LogP contribution in [0.5, 0.6) is 0 Å². The molecule has 1 aromatic carbocycles. The van der Waals surface area contributed by atoms with Gasteiger partial charge in [0.05, 0.1) is 6.04 Å². The van der Waals surface area contributed by atoms with E-state index in [4.69, 9.17) is 4.99 Å². The SMILES string of the molecule is CCNC(=NCC(CCO)CC(C)C)NCC(c1ccccc1)N(C)C. The normalized spacial score (nSPS) is 14.5. The predicted molar refractivity (Wildman–Crippen MR) is 111 cm³/mol. The number of benzene rings is 1. The van der Waals surface area contributed by atoms with Gasteiger partial charge < -0.3 is 20.6 Å². The number of nitrogens with zero attached hydrogens (tertiary/aromatic N) is 2. The maximum atomic E-state index is 9.30. The summed E-state index contributed by atoms with van der Waals surface area (Å²) in [5, 5.41) is 16.1. The highest BCUT2D eigenvalue weighted by Crippen LogP contribution is 2.17. The summed E-state index contributed by atoms with van der Waals surface area (Å²) in [6.07, 6.45) is 1.90. The van der Waals surface area contributed by atoms with Crippen LogP contribution in [0.4, 0.5) is 0 Å². The van der Waals surface area contributed by atoms with Gasteiger partial charge in [0.2, 0.25) is 0 Å². The average Bonchev–Trinajstić information content (AvgIpc) is 2.60. The van der Waals surface area contributed by atoms with Gasteiger partial charge in [0, 0.05) is 26.2 Å². The average molecular weight is 363 g/mol. The molecule has 0 aliphatic heterocycles. The van der Waals surface area contributed by atoms with Crippen LogP contribution in [-0.4, -0.2) is 56.3 Å². The second-order valence-corrected chi connectivity index (χ2v) is 7.50. The summed E-state index contributed by atoms with van der Waals surface area (Å²) in [5.41, 5.74) is 1.29. The van der Waals surface area contributed by atoms with Crippen LogP contribution in [0.1, 0.15) is 45.2 Å². The summed E-state index contributed by atoms with van der Waals surface area (Å²) in [6, 6.07) is 10.8. The van der Waals surface area contributed by atoms with Gasteiger partial charge in [-0.15, -0.1) is 0 Å². The van der Waals surface area contributed by atoms with Crippen LogP contribution in [0.25, 0.3) is 0 Å². The molecule has 1 aromatic rings. The molecule has 0 radical (unpaired) electrons. The summed E-state index contributed by atoms with van der Waals surface area (Å²) in [6.45, 7) is 9.12. The number of guanidine groups is 1. The zero-order valence-electron chi connectivity index (χ0n) is 17.2. The Kier molecular flexibility index (Phi) is 11.0. The van der Waals surface area contributed by atoms with E-state index in [0.717, 1.165) is 38.4 Å². The highest BCUT2D eigenvalue weighted by molar-refractivity contribution is 5.79. The van der Waals surface area contributed by atoms with E-state index in [1.165, 1.54) is 5.56 Å². The Morgan fingerprint density at radius 1 is 1.15 bits per heavy atom. The maximum absolute atomic E-state index is 9.30. The molecular formula is C21H38N4O. The molecule has 0 aliphatic rings. The number of aliphatic hydroxyl groups is 1. The summed E-state index contributed by atoms with van der Waals surface area (Å²) in [7, 11) is 4.20. The molecule has 2 unspecified atom stereocenters. The largest absolute Gasteiger partial charge is 0.396 e. The van der Waals surface area contributed by atoms with Gasteiger partial charge in [-0.05, 0) is 51.3 Å². The fourth-order valence-corrected chi connectivity index (χ4v) is 3.16. The van der Waals surface area contributed by atoms with E-state index in [-0.39, 0.29) is 12.6 Å². The molecule has 0 bridgehead atoms. The van der Waals surface area contributed by atoms with Crippen molar-refractivity contribution in [2.75, 3.05) is 40.3 Å². The van der Waals surface area contributed by atoms with Gasteiger partial charge in [-0.25, -0.2) is 0 Å². The Morgan fingerprint density at radius 2 is 1.85 bits per heavy atom. The van der Waals surface area contributed by atoms with Gasteiger partial charge in [0.1, 0.15) is 0 Å². The molecular weight excluding hydrogens is 324 g/mol. The predicted octanol–water partition coefficient (Wildman–Crippen LogP) is 2.89. The molecule has 0 saturated heterocycles.